The first-order chi connectivity index (χ1) is 11.1. The Morgan fingerprint density at radius 3 is 2.17 bits per heavy atom. The highest BCUT2D eigenvalue weighted by atomic mass is 35.6. The molecular weight excluding hydrogens is 335 g/mol. The van der Waals surface area contributed by atoms with Gasteiger partial charge in [0, 0.05) is 0 Å². The lowest BCUT2D eigenvalue weighted by atomic mass is 10.2. The van der Waals surface area contributed by atoms with Gasteiger partial charge in [-0.2, -0.15) is 10.0 Å². The Kier molecular flexibility index (Phi) is 6.48. The molecule has 0 radical (unpaired) electrons. The largest absolute Gasteiger partial charge is 1.00 e. The standard InChI is InChI=1S/C9H10O3.C7H6O2.Al.ClH/c1-2-12-9(11)7-3-5-8(10)6-4-7;8-7(9)6-4-2-1-3-5-6;;/h3-6,10H,2H2,1H3;1-5H,(H,8,9);;1H/q;;+3;/p-3. The number of ether oxygens (including phenoxy) is 1. The van der Waals surface area contributed by atoms with Crippen molar-refractivity contribution in [2.45, 2.75) is 6.92 Å². The topological polar surface area (TPSA) is 61.8 Å². The molecule has 2 aromatic carbocycles. The summed E-state index contributed by atoms with van der Waals surface area (Å²) in [6.45, 7) is 2.04. The van der Waals surface area contributed by atoms with E-state index >= 15 is 0 Å². The van der Waals surface area contributed by atoms with Crippen LogP contribution in [-0.4, -0.2) is 32.4 Å². The normalized spacial score (nSPS) is 9.83. The van der Waals surface area contributed by atoms with Crippen molar-refractivity contribution >= 4 is 35.9 Å². The minimum absolute atomic E-state index is 0.309. The average Bonchev–Trinajstić information content (AvgIpc) is 2.56. The lowest BCUT2D eigenvalue weighted by Gasteiger charge is -2.11. The highest BCUT2D eigenvalue weighted by molar-refractivity contribution is 7.00. The Balaban J connectivity index is 1.91. The van der Waals surface area contributed by atoms with Crippen LogP contribution in [-0.2, 0) is 8.53 Å². The van der Waals surface area contributed by atoms with Crippen LogP contribution in [0.4, 0.5) is 0 Å². The zero-order valence-electron chi connectivity index (χ0n) is 12.4. The first kappa shape index (κ1) is 17.4. The van der Waals surface area contributed by atoms with E-state index in [4.69, 9.17) is 22.4 Å². The third kappa shape index (κ3) is 5.29. The van der Waals surface area contributed by atoms with Crippen molar-refractivity contribution in [2.75, 3.05) is 6.61 Å². The van der Waals surface area contributed by atoms with Crippen LogP contribution in [0.2, 0.25) is 0 Å². The summed E-state index contributed by atoms with van der Waals surface area (Å²) in [6.07, 6.45) is 0. The van der Waals surface area contributed by atoms with Crippen molar-refractivity contribution in [3.8, 4) is 5.75 Å². The molecule has 0 amide bonds. The minimum atomic E-state index is -2.70. The molecule has 118 valence electrons. The Labute approximate surface area is 143 Å². The molecule has 0 aliphatic heterocycles. The first-order valence-corrected chi connectivity index (χ1v) is 9.63. The zero-order valence-corrected chi connectivity index (χ0v) is 14.3. The number of carbonyl (C=O) groups excluding carboxylic acids is 2. The van der Waals surface area contributed by atoms with Crippen LogP contribution >= 0.6 is 10.0 Å². The van der Waals surface area contributed by atoms with Crippen LogP contribution in [0.3, 0.4) is 0 Å². The maximum Gasteiger partial charge on any atom is 1.00 e. The lowest BCUT2D eigenvalue weighted by Crippen LogP contribution is -2.23. The van der Waals surface area contributed by atoms with E-state index in [9.17, 15) is 9.59 Å². The van der Waals surface area contributed by atoms with Gasteiger partial charge in [0.25, 0.3) is 0 Å². The first-order valence-electron chi connectivity index (χ1n) is 6.94. The Hall–Kier alpha value is -2.00. The number of halogens is 1. The molecule has 0 aromatic heterocycles. The summed E-state index contributed by atoms with van der Waals surface area (Å²) < 4.78 is 15.4. The third-order valence-corrected chi connectivity index (χ3v) is 4.19. The van der Waals surface area contributed by atoms with Gasteiger partial charge in [0.15, 0.2) is 0 Å². The van der Waals surface area contributed by atoms with E-state index in [0.29, 0.717) is 23.5 Å². The molecule has 0 unspecified atom stereocenters. The molecule has 0 N–H and O–H groups in total. The Morgan fingerprint density at radius 2 is 1.57 bits per heavy atom. The van der Waals surface area contributed by atoms with Gasteiger partial charge in [-0.1, -0.05) is 18.2 Å². The van der Waals surface area contributed by atoms with Crippen molar-refractivity contribution in [3.63, 3.8) is 0 Å². The van der Waals surface area contributed by atoms with Gasteiger partial charge in [0.05, 0.1) is 23.5 Å². The van der Waals surface area contributed by atoms with Crippen LogP contribution in [0.25, 0.3) is 0 Å². The SMILES string of the molecule is CCOC(=O)c1ccc([O][Al]([Cl])[O]C(=O)c2ccccc2)cc1. The Bertz CT molecular complexity index is 660. The summed E-state index contributed by atoms with van der Waals surface area (Å²) in [5.74, 6) is -0.514. The van der Waals surface area contributed by atoms with Crippen LogP contribution < -0.4 is 3.79 Å². The molecule has 7 heteroatoms. The summed E-state index contributed by atoms with van der Waals surface area (Å²) in [5.41, 5.74) is 0.820. The quantitative estimate of drug-likeness (QED) is 0.592. The molecule has 2 aromatic rings. The van der Waals surface area contributed by atoms with Gasteiger partial charge in [0.2, 0.25) is 0 Å². The number of esters is 1. The van der Waals surface area contributed by atoms with Gasteiger partial charge in [0.1, 0.15) is 0 Å². The van der Waals surface area contributed by atoms with Crippen molar-refractivity contribution < 1.29 is 21.9 Å². The van der Waals surface area contributed by atoms with E-state index < -0.39 is 25.8 Å². The molecule has 0 saturated carbocycles. The smallest absolute Gasteiger partial charge is 0.599 e. The predicted octanol–water partition coefficient (Wildman–Crippen LogP) is 3.32. The van der Waals surface area contributed by atoms with Crippen molar-refractivity contribution in [2.24, 2.45) is 0 Å². The monoisotopic (exact) mass is 348 g/mol. The lowest BCUT2D eigenvalue weighted by molar-refractivity contribution is 0.0526. The molecule has 2 rings (SSSR count). The number of carbonyl (C=O) groups is 2. The number of rotatable bonds is 6. The number of hydrogen-bond acceptors (Lipinski definition) is 5. The van der Waals surface area contributed by atoms with Gasteiger partial charge >= 0.3 is 25.8 Å². The maximum atomic E-state index is 11.8. The molecule has 5 nitrogen and oxygen atoms in total. The maximum absolute atomic E-state index is 11.8. The fraction of sp³-hybridized carbons (Fsp3) is 0.125. The second kappa shape index (κ2) is 8.59. The second-order valence-electron chi connectivity index (χ2n) is 4.41. The Morgan fingerprint density at radius 1 is 0.957 bits per heavy atom. The van der Waals surface area contributed by atoms with E-state index in [1.165, 1.54) is 0 Å². The van der Waals surface area contributed by atoms with Gasteiger partial charge in [-0.15, -0.1) is 0 Å². The fourth-order valence-electron chi connectivity index (χ4n) is 1.74. The molecule has 0 fully saturated rings. The van der Waals surface area contributed by atoms with Gasteiger partial charge in [-0.05, 0) is 43.3 Å². The molecular formula is C16H14AlClO5. The molecule has 0 heterocycles. The van der Waals surface area contributed by atoms with Crippen molar-refractivity contribution in [1.82, 2.24) is 0 Å². The second-order valence-corrected chi connectivity index (χ2v) is 6.50. The van der Waals surface area contributed by atoms with E-state index in [0.717, 1.165) is 0 Å². The highest BCUT2D eigenvalue weighted by Crippen LogP contribution is 2.16. The van der Waals surface area contributed by atoms with Crippen molar-refractivity contribution in [1.29, 1.82) is 0 Å². The van der Waals surface area contributed by atoms with Crippen LogP contribution in [0.15, 0.2) is 54.6 Å². The zero-order chi connectivity index (χ0) is 16.7. The third-order valence-electron chi connectivity index (χ3n) is 2.80. The van der Waals surface area contributed by atoms with Crippen LogP contribution in [0, 0.1) is 0 Å². The summed E-state index contributed by atoms with van der Waals surface area (Å²) in [4.78, 5) is 23.4. The molecule has 0 aliphatic rings. The fourth-order valence-corrected chi connectivity index (χ4v) is 3.02. The van der Waals surface area contributed by atoms with E-state index in [2.05, 4.69) is 0 Å². The van der Waals surface area contributed by atoms with Crippen LogP contribution in [0.1, 0.15) is 27.6 Å². The average molecular weight is 349 g/mol. The van der Waals surface area contributed by atoms with Gasteiger partial charge < -0.3 is 12.3 Å². The number of hydrogen-bond donors (Lipinski definition) is 0. The van der Waals surface area contributed by atoms with E-state index in [-0.39, 0.29) is 0 Å². The van der Waals surface area contributed by atoms with E-state index in [1.54, 1.807) is 61.5 Å². The molecule has 0 bridgehead atoms. The summed E-state index contributed by atoms with van der Waals surface area (Å²) in [5, 5.41) is 0. The minimum Gasteiger partial charge on any atom is -0.599 e. The summed E-state index contributed by atoms with van der Waals surface area (Å²) in [7, 11) is 5.99. The van der Waals surface area contributed by atoms with E-state index in [1.807, 2.05) is 0 Å². The van der Waals surface area contributed by atoms with Crippen molar-refractivity contribution in [3.05, 3.63) is 65.7 Å². The van der Waals surface area contributed by atoms with Crippen LogP contribution in [0.5, 0.6) is 5.75 Å². The highest BCUT2D eigenvalue weighted by Gasteiger charge is 2.33. The predicted molar refractivity (Wildman–Crippen MR) is 86.5 cm³/mol. The molecule has 0 spiro atoms. The van der Waals surface area contributed by atoms with Gasteiger partial charge in [-0.25, -0.2) is 9.59 Å². The molecule has 23 heavy (non-hydrogen) atoms. The molecule has 0 saturated heterocycles. The molecule has 0 aliphatic carbocycles. The summed E-state index contributed by atoms with van der Waals surface area (Å²) >= 11 is -2.70. The molecule has 0 atom stereocenters. The van der Waals surface area contributed by atoms with Gasteiger partial charge in [-0.3, -0.25) is 0 Å². The summed E-state index contributed by atoms with van der Waals surface area (Å²) in [6, 6.07) is 14.8. The number of benzene rings is 2.